The number of amides is 1. The van der Waals surface area contributed by atoms with Gasteiger partial charge in [0.1, 0.15) is 23.8 Å². The minimum Gasteiger partial charge on any atom is -0.383 e. The molecule has 0 saturated carbocycles. The molecule has 2 aromatic carbocycles. The van der Waals surface area contributed by atoms with E-state index in [-0.39, 0.29) is 23.9 Å². The number of nitrogens with zero attached hydrogens (tertiary/aromatic N) is 4. The fourth-order valence-electron chi connectivity index (χ4n) is 3.89. The molecule has 1 unspecified atom stereocenters. The zero-order chi connectivity index (χ0) is 21.7. The molecule has 1 amide bonds. The lowest BCUT2D eigenvalue weighted by Gasteiger charge is -2.18. The Morgan fingerprint density at radius 1 is 1.16 bits per heavy atom. The maximum atomic E-state index is 13.6. The summed E-state index contributed by atoms with van der Waals surface area (Å²) >= 11 is 0. The summed E-state index contributed by atoms with van der Waals surface area (Å²) in [6.45, 7) is 0.460. The van der Waals surface area contributed by atoms with E-state index in [0.717, 1.165) is 11.6 Å². The highest BCUT2D eigenvalue weighted by molar-refractivity contribution is 6.00. The van der Waals surface area contributed by atoms with Gasteiger partial charge in [-0.2, -0.15) is 14.6 Å². The number of carbonyl (C=O) groups is 1. The van der Waals surface area contributed by atoms with Crippen LogP contribution >= 0.6 is 0 Å². The lowest BCUT2D eigenvalue weighted by molar-refractivity contribution is 0.0966. The molecule has 5 rings (SSSR count). The van der Waals surface area contributed by atoms with E-state index < -0.39 is 17.7 Å². The van der Waals surface area contributed by atoms with E-state index in [1.807, 2.05) is 12.1 Å². The molecule has 0 aliphatic carbocycles. The van der Waals surface area contributed by atoms with Crippen LogP contribution in [-0.2, 0) is 13.0 Å². The third kappa shape index (κ3) is 3.26. The van der Waals surface area contributed by atoms with E-state index in [1.165, 1.54) is 23.0 Å². The molecule has 8 nitrogen and oxygen atoms in total. The first-order chi connectivity index (χ1) is 14.9. The maximum Gasteiger partial charge on any atom is 0.254 e. The second kappa shape index (κ2) is 7.10. The number of nitrogens with two attached hydrogens (primary N) is 2. The van der Waals surface area contributed by atoms with Crippen molar-refractivity contribution in [3.8, 4) is 11.1 Å². The van der Waals surface area contributed by atoms with Crippen LogP contribution in [0.2, 0.25) is 0 Å². The third-order valence-corrected chi connectivity index (χ3v) is 5.30. The fraction of sp³-hybridized carbons (Fsp3) is 0.143. The topological polar surface area (TPSA) is 124 Å². The molecule has 3 heterocycles. The first kappa shape index (κ1) is 19.1. The summed E-state index contributed by atoms with van der Waals surface area (Å²) in [5.41, 5.74) is 16.2. The number of benzene rings is 2. The molecule has 31 heavy (non-hydrogen) atoms. The molecule has 2 aromatic heterocycles. The van der Waals surface area contributed by atoms with Crippen molar-refractivity contribution in [3.05, 3.63) is 76.7 Å². The van der Waals surface area contributed by atoms with Crippen LogP contribution in [0.25, 0.3) is 16.9 Å². The predicted molar refractivity (Wildman–Crippen MR) is 109 cm³/mol. The molecule has 1 aliphatic rings. The molecular formula is C21H17F2N7O. The second-order valence-corrected chi connectivity index (χ2v) is 7.37. The van der Waals surface area contributed by atoms with E-state index in [9.17, 15) is 13.6 Å². The molecular weight excluding hydrogens is 404 g/mol. The summed E-state index contributed by atoms with van der Waals surface area (Å²) in [4.78, 5) is 20.8. The average Bonchev–Trinajstić information content (AvgIpc) is 3.34. The van der Waals surface area contributed by atoms with Crippen molar-refractivity contribution >= 4 is 17.5 Å². The summed E-state index contributed by atoms with van der Waals surface area (Å²) in [5, 5.41) is 6.87. The molecule has 10 heteroatoms. The van der Waals surface area contributed by atoms with Crippen molar-refractivity contribution in [1.29, 1.82) is 0 Å². The van der Waals surface area contributed by atoms with Gasteiger partial charge in [0.15, 0.2) is 0 Å². The molecule has 0 fully saturated rings. The maximum absolute atomic E-state index is 13.6. The summed E-state index contributed by atoms with van der Waals surface area (Å²) < 4.78 is 28.7. The Morgan fingerprint density at radius 3 is 2.71 bits per heavy atom. The SMILES string of the molecule is Nc1c(-c2ccc3c(c2)C(=O)NC3)c(C(N)Cc2cc(F)cc(F)c2)nc2ncnn12. The fourth-order valence-corrected chi connectivity index (χ4v) is 3.89. The lowest BCUT2D eigenvalue weighted by Crippen LogP contribution is -2.19. The van der Waals surface area contributed by atoms with E-state index in [4.69, 9.17) is 11.5 Å². The van der Waals surface area contributed by atoms with E-state index in [2.05, 4.69) is 20.4 Å². The van der Waals surface area contributed by atoms with Crippen LogP contribution in [0, 0.1) is 11.6 Å². The number of rotatable bonds is 4. The number of halogens is 2. The second-order valence-electron chi connectivity index (χ2n) is 7.37. The van der Waals surface area contributed by atoms with Crippen LogP contribution in [0.15, 0.2) is 42.7 Å². The van der Waals surface area contributed by atoms with Gasteiger partial charge in [0.2, 0.25) is 0 Å². The zero-order valence-electron chi connectivity index (χ0n) is 16.1. The smallest absolute Gasteiger partial charge is 0.254 e. The number of nitrogens with one attached hydrogen (secondary N) is 1. The third-order valence-electron chi connectivity index (χ3n) is 5.30. The monoisotopic (exact) mass is 421 g/mol. The predicted octanol–water partition coefficient (Wildman–Crippen LogP) is 2.14. The first-order valence-electron chi connectivity index (χ1n) is 9.52. The Hall–Kier alpha value is -3.92. The van der Waals surface area contributed by atoms with Crippen molar-refractivity contribution in [2.24, 2.45) is 5.73 Å². The minimum atomic E-state index is -0.748. The van der Waals surface area contributed by atoms with Crippen LogP contribution in [0.1, 0.15) is 33.2 Å². The minimum absolute atomic E-state index is 0.115. The van der Waals surface area contributed by atoms with Crippen molar-refractivity contribution in [2.45, 2.75) is 19.0 Å². The van der Waals surface area contributed by atoms with Crippen molar-refractivity contribution in [2.75, 3.05) is 5.73 Å². The number of hydrogen-bond donors (Lipinski definition) is 3. The van der Waals surface area contributed by atoms with Crippen LogP contribution in [-0.4, -0.2) is 25.5 Å². The van der Waals surface area contributed by atoms with E-state index in [1.54, 1.807) is 6.07 Å². The van der Waals surface area contributed by atoms with Crippen LogP contribution in [0.4, 0.5) is 14.6 Å². The highest BCUT2D eigenvalue weighted by Crippen LogP contribution is 2.35. The van der Waals surface area contributed by atoms with Gasteiger partial charge in [0.25, 0.3) is 11.7 Å². The highest BCUT2D eigenvalue weighted by atomic mass is 19.1. The van der Waals surface area contributed by atoms with Crippen LogP contribution in [0.3, 0.4) is 0 Å². The van der Waals surface area contributed by atoms with Crippen molar-refractivity contribution < 1.29 is 13.6 Å². The Bertz CT molecular complexity index is 1330. The quantitative estimate of drug-likeness (QED) is 0.464. The summed E-state index contributed by atoms with van der Waals surface area (Å²) in [7, 11) is 0. The number of carbonyl (C=O) groups excluding carboxylic acids is 1. The molecule has 0 bridgehead atoms. The van der Waals surface area contributed by atoms with Gasteiger partial charge in [-0.3, -0.25) is 4.79 Å². The van der Waals surface area contributed by atoms with Gasteiger partial charge >= 0.3 is 0 Å². The van der Waals surface area contributed by atoms with Gasteiger partial charge in [-0.1, -0.05) is 12.1 Å². The Kier molecular flexibility index (Phi) is 4.36. The molecule has 0 saturated heterocycles. The zero-order valence-corrected chi connectivity index (χ0v) is 16.1. The normalized spacial score (nSPS) is 14.0. The Balaban J connectivity index is 1.65. The summed E-state index contributed by atoms with van der Waals surface area (Å²) in [6, 6.07) is 7.89. The number of anilines is 1. The molecule has 1 aliphatic heterocycles. The lowest BCUT2D eigenvalue weighted by atomic mass is 9.94. The van der Waals surface area contributed by atoms with E-state index >= 15 is 0 Å². The number of aromatic nitrogens is 4. The van der Waals surface area contributed by atoms with E-state index in [0.29, 0.717) is 34.5 Å². The largest absolute Gasteiger partial charge is 0.383 e. The number of nitrogen functional groups attached to an aromatic ring is 1. The number of fused-ring (bicyclic) bond motifs is 2. The van der Waals surface area contributed by atoms with Crippen molar-refractivity contribution in [1.82, 2.24) is 24.9 Å². The van der Waals surface area contributed by atoms with Crippen LogP contribution < -0.4 is 16.8 Å². The van der Waals surface area contributed by atoms with Gasteiger partial charge in [-0.05, 0) is 41.3 Å². The number of hydrogen-bond acceptors (Lipinski definition) is 6. The van der Waals surface area contributed by atoms with Gasteiger partial charge in [-0.15, -0.1) is 0 Å². The Labute approximate surface area is 174 Å². The average molecular weight is 421 g/mol. The molecule has 5 N–H and O–H groups in total. The van der Waals surface area contributed by atoms with Crippen LogP contribution in [0.5, 0.6) is 0 Å². The molecule has 0 spiro atoms. The van der Waals surface area contributed by atoms with Gasteiger partial charge in [-0.25, -0.2) is 13.8 Å². The standard InChI is InChI=1S/C21H17F2N7O/c22-13-3-10(4-14(23)7-13)5-16(24)18-17(19(25)30-21(29-18)27-9-28-30)11-1-2-12-8-26-20(31)15(12)6-11/h1-4,6-7,9,16H,5,8,24-25H2,(H,26,31). The molecule has 4 aromatic rings. The summed E-state index contributed by atoms with van der Waals surface area (Å²) in [5.74, 6) is -1.06. The van der Waals surface area contributed by atoms with Crippen molar-refractivity contribution in [3.63, 3.8) is 0 Å². The summed E-state index contributed by atoms with van der Waals surface area (Å²) in [6.07, 6.45) is 1.43. The molecule has 1 atom stereocenters. The van der Waals surface area contributed by atoms with Gasteiger partial charge in [0, 0.05) is 23.7 Å². The molecule has 156 valence electrons. The van der Waals surface area contributed by atoms with Gasteiger partial charge < -0.3 is 16.8 Å². The molecule has 0 radical (unpaired) electrons. The first-order valence-corrected chi connectivity index (χ1v) is 9.52. The van der Waals surface area contributed by atoms with Gasteiger partial charge in [0.05, 0.1) is 11.7 Å². The Morgan fingerprint density at radius 2 is 1.94 bits per heavy atom. The highest BCUT2D eigenvalue weighted by Gasteiger charge is 2.25.